The fraction of sp³-hybridized carbons (Fsp3) is 0.238. The summed E-state index contributed by atoms with van der Waals surface area (Å²) in [6, 6.07) is 14.5. The van der Waals surface area contributed by atoms with Gasteiger partial charge in [-0.05, 0) is 24.3 Å². The first kappa shape index (κ1) is 19.2. The number of nitrogens with zero attached hydrogens (tertiary/aromatic N) is 4. The van der Waals surface area contributed by atoms with Gasteiger partial charge in [-0.2, -0.15) is 0 Å². The molecular formula is C21H20N4O3S. The molecule has 0 aliphatic carbocycles. The molecule has 0 radical (unpaired) electrons. The summed E-state index contributed by atoms with van der Waals surface area (Å²) in [5.41, 5.74) is 1.46. The zero-order valence-corrected chi connectivity index (χ0v) is 16.5. The summed E-state index contributed by atoms with van der Waals surface area (Å²) in [7, 11) is 0. The van der Waals surface area contributed by atoms with Gasteiger partial charge in [0, 0.05) is 38.3 Å². The SMILES string of the molecule is O=C(C=Cc1ccccc1[N+](=O)[O-])N1CCN(Cc2nc3ccccc3s2)CC1. The highest BCUT2D eigenvalue weighted by molar-refractivity contribution is 7.18. The summed E-state index contributed by atoms with van der Waals surface area (Å²) in [5.74, 6) is -0.122. The van der Waals surface area contributed by atoms with E-state index in [4.69, 9.17) is 0 Å². The number of amides is 1. The van der Waals surface area contributed by atoms with Crippen LogP contribution in [0.1, 0.15) is 10.6 Å². The normalized spacial score (nSPS) is 15.2. The first-order valence-electron chi connectivity index (χ1n) is 9.37. The number of hydrogen-bond acceptors (Lipinski definition) is 6. The van der Waals surface area contributed by atoms with Crippen LogP contribution in [-0.2, 0) is 11.3 Å². The van der Waals surface area contributed by atoms with Crippen molar-refractivity contribution in [3.05, 3.63) is 75.3 Å². The van der Waals surface area contributed by atoms with Crippen molar-refractivity contribution >= 4 is 39.2 Å². The second-order valence-corrected chi connectivity index (χ2v) is 7.94. The monoisotopic (exact) mass is 408 g/mol. The van der Waals surface area contributed by atoms with Crippen molar-refractivity contribution < 1.29 is 9.72 Å². The number of hydrogen-bond donors (Lipinski definition) is 0. The number of aromatic nitrogens is 1. The van der Waals surface area contributed by atoms with E-state index in [-0.39, 0.29) is 11.6 Å². The largest absolute Gasteiger partial charge is 0.337 e. The molecule has 7 nitrogen and oxygen atoms in total. The molecule has 0 N–H and O–H groups in total. The number of carbonyl (C=O) groups excluding carboxylic acids is 1. The minimum absolute atomic E-state index is 0.00259. The van der Waals surface area contributed by atoms with Gasteiger partial charge in [0.15, 0.2) is 0 Å². The van der Waals surface area contributed by atoms with Crippen LogP contribution in [0.15, 0.2) is 54.6 Å². The number of benzene rings is 2. The highest BCUT2D eigenvalue weighted by Gasteiger charge is 2.21. The van der Waals surface area contributed by atoms with Crippen LogP contribution in [0, 0.1) is 10.1 Å². The fourth-order valence-corrected chi connectivity index (χ4v) is 4.38. The Morgan fingerprint density at radius 2 is 1.83 bits per heavy atom. The smallest absolute Gasteiger partial charge is 0.276 e. The summed E-state index contributed by atoms with van der Waals surface area (Å²) in [6.07, 6.45) is 2.94. The minimum atomic E-state index is -0.440. The maximum absolute atomic E-state index is 12.5. The average molecular weight is 408 g/mol. The summed E-state index contributed by atoms with van der Waals surface area (Å²) < 4.78 is 1.19. The molecule has 4 rings (SSSR count). The predicted molar refractivity (Wildman–Crippen MR) is 114 cm³/mol. The Morgan fingerprint density at radius 3 is 2.59 bits per heavy atom. The fourth-order valence-electron chi connectivity index (χ4n) is 3.37. The van der Waals surface area contributed by atoms with E-state index in [2.05, 4.69) is 16.0 Å². The quantitative estimate of drug-likeness (QED) is 0.366. The lowest BCUT2D eigenvalue weighted by Gasteiger charge is -2.33. The van der Waals surface area contributed by atoms with Crippen molar-refractivity contribution in [2.75, 3.05) is 26.2 Å². The molecule has 148 valence electrons. The Hall–Kier alpha value is -3.10. The van der Waals surface area contributed by atoms with Crippen molar-refractivity contribution in [1.82, 2.24) is 14.8 Å². The zero-order valence-electron chi connectivity index (χ0n) is 15.7. The number of piperazine rings is 1. The highest BCUT2D eigenvalue weighted by atomic mass is 32.1. The Labute approximate surface area is 172 Å². The maximum atomic E-state index is 12.5. The standard InChI is InChI=1S/C21H20N4O3S/c26-21(10-9-16-5-1-3-7-18(16)25(27)28)24-13-11-23(12-14-24)15-20-22-17-6-2-4-8-19(17)29-20/h1-10H,11-15H2. The Morgan fingerprint density at radius 1 is 1.10 bits per heavy atom. The Balaban J connectivity index is 1.33. The van der Waals surface area contributed by atoms with Gasteiger partial charge in [0.25, 0.3) is 5.69 Å². The molecule has 3 aromatic rings. The second kappa shape index (κ2) is 8.50. The molecule has 1 aromatic heterocycles. The third-order valence-corrected chi connectivity index (χ3v) is 5.94. The molecule has 0 saturated carbocycles. The molecule has 8 heteroatoms. The second-order valence-electron chi connectivity index (χ2n) is 6.83. The molecular weight excluding hydrogens is 388 g/mol. The van der Waals surface area contributed by atoms with Gasteiger partial charge in [-0.15, -0.1) is 11.3 Å². The van der Waals surface area contributed by atoms with Gasteiger partial charge >= 0.3 is 0 Å². The molecule has 29 heavy (non-hydrogen) atoms. The van der Waals surface area contributed by atoms with E-state index in [0.29, 0.717) is 18.7 Å². The van der Waals surface area contributed by atoms with Crippen molar-refractivity contribution in [1.29, 1.82) is 0 Å². The summed E-state index contributed by atoms with van der Waals surface area (Å²) in [4.78, 5) is 31.9. The van der Waals surface area contributed by atoms with Crippen molar-refractivity contribution in [3.8, 4) is 0 Å². The molecule has 1 aliphatic heterocycles. The van der Waals surface area contributed by atoms with Gasteiger partial charge < -0.3 is 4.90 Å². The number of thiazole rings is 1. The molecule has 2 heterocycles. The van der Waals surface area contributed by atoms with E-state index in [1.54, 1.807) is 34.4 Å². The van der Waals surface area contributed by atoms with Crippen LogP contribution < -0.4 is 0 Å². The van der Waals surface area contributed by atoms with Gasteiger partial charge in [-0.3, -0.25) is 19.8 Å². The topological polar surface area (TPSA) is 79.6 Å². The van der Waals surface area contributed by atoms with Gasteiger partial charge in [0.2, 0.25) is 5.91 Å². The molecule has 1 amide bonds. The summed E-state index contributed by atoms with van der Waals surface area (Å²) in [5, 5.41) is 12.2. The van der Waals surface area contributed by atoms with Crippen LogP contribution in [0.3, 0.4) is 0 Å². The third-order valence-electron chi connectivity index (χ3n) is 4.92. The van der Waals surface area contributed by atoms with E-state index in [9.17, 15) is 14.9 Å². The highest BCUT2D eigenvalue weighted by Crippen LogP contribution is 2.23. The van der Waals surface area contributed by atoms with E-state index < -0.39 is 4.92 Å². The lowest BCUT2D eigenvalue weighted by Crippen LogP contribution is -2.47. The maximum Gasteiger partial charge on any atom is 0.276 e. The van der Waals surface area contributed by atoms with Gasteiger partial charge in [0.1, 0.15) is 5.01 Å². The molecule has 0 unspecified atom stereocenters. The average Bonchev–Trinajstić information content (AvgIpc) is 3.15. The van der Waals surface area contributed by atoms with E-state index >= 15 is 0 Å². The van der Waals surface area contributed by atoms with E-state index in [0.717, 1.165) is 30.2 Å². The van der Waals surface area contributed by atoms with E-state index in [1.807, 2.05) is 18.2 Å². The summed E-state index contributed by atoms with van der Waals surface area (Å²) in [6.45, 7) is 3.60. The Kier molecular flexibility index (Phi) is 5.64. The molecule has 0 atom stereocenters. The molecule has 2 aromatic carbocycles. The Bertz CT molecular complexity index is 1040. The molecule has 1 saturated heterocycles. The number of rotatable bonds is 5. The summed E-state index contributed by atoms with van der Waals surface area (Å²) >= 11 is 1.71. The zero-order chi connectivity index (χ0) is 20.2. The predicted octanol–water partition coefficient (Wildman–Crippen LogP) is 3.56. The van der Waals surface area contributed by atoms with E-state index in [1.165, 1.54) is 22.9 Å². The lowest BCUT2D eigenvalue weighted by molar-refractivity contribution is -0.385. The first-order chi connectivity index (χ1) is 14.1. The molecule has 1 aliphatic rings. The number of para-hydroxylation sites is 2. The van der Waals surface area contributed by atoms with Crippen molar-refractivity contribution in [2.45, 2.75) is 6.54 Å². The van der Waals surface area contributed by atoms with Crippen LogP contribution in [-0.4, -0.2) is 51.8 Å². The number of nitro groups is 1. The molecule has 1 fully saturated rings. The number of nitro benzene ring substituents is 1. The van der Waals surface area contributed by atoms with Gasteiger partial charge in [-0.25, -0.2) is 4.98 Å². The van der Waals surface area contributed by atoms with Crippen LogP contribution in [0.25, 0.3) is 16.3 Å². The minimum Gasteiger partial charge on any atom is -0.337 e. The third kappa shape index (κ3) is 4.49. The lowest BCUT2D eigenvalue weighted by atomic mass is 10.1. The molecule has 0 bridgehead atoms. The van der Waals surface area contributed by atoms with Crippen LogP contribution in [0.5, 0.6) is 0 Å². The van der Waals surface area contributed by atoms with Crippen LogP contribution >= 0.6 is 11.3 Å². The van der Waals surface area contributed by atoms with Gasteiger partial charge in [-0.1, -0.05) is 24.3 Å². The van der Waals surface area contributed by atoms with Crippen LogP contribution in [0.4, 0.5) is 5.69 Å². The molecule has 0 spiro atoms. The number of fused-ring (bicyclic) bond motifs is 1. The first-order valence-corrected chi connectivity index (χ1v) is 10.2. The number of carbonyl (C=O) groups is 1. The van der Waals surface area contributed by atoms with Gasteiger partial charge in [0.05, 0.1) is 27.2 Å². The van der Waals surface area contributed by atoms with Crippen molar-refractivity contribution in [3.63, 3.8) is 0 Å². The van der Waals surface area contributed by atoms with Crippen molar-refractivity contribution in [2.24, 2.45) is 0 Å². The van der Waals surface area contributed by atoms with Crippen LogP contribution in [0.2, 0.25) is 0 Å².